The van der Waals surface area contributed by atoms with Crippen molar-refractivity contribution in [3.8, 4) is 0 Å². The van der Waals surface area contributed by atoms with Crippen molar-refractivity contribution in [2.75, 3.05) is 18.4 Å². The number of rotatable bonds is 7. The molecule has 0 atom stereocenters. The van der Waals surface area contributed by atoms with Crippen LogP contribution in [0.3, 0.4) is 0 Å². The molecule has 1 aliphatic carbocycles. The lowest BCUT2D eigenvalue weighted by Gasteiger charge is -2.13. The van der Waals surface area contributed by atoms with Gasteiger partial charge in [0, 0.05) is 25.2 Å². The minimum absolute atomic E-state index is 0.0502. The van der Waals surface area contributed by atoms with E-state index in [4.69, 9.17) is 0 Å². The van der Waals surface area contributed by atoms with Gasteiger partial charge in [0.1, 0.15) is 0 Å². The predicted octanol–water partition coefficient (Wildman–Crippen LogP) is 4.51. The number of hydrogen-bond acceptors (Lipinski definition) is 2. The summed E-state index contributed by atoms with van der Waals surface area (Å²) in [6.07, 6.45) is 3.89. The molecule has 0 radical (unpaired) electrons. The maximum Gasteiger partial charge on any atom is 0.416 e. The third kappa shape index (κ3) is 6.26. The molecule has 3 nitrogen and oxygen atoms in total. The van der Waals surface area contributed by atoms with E-state index >= 15 is 0 Å². The van der Waals surface area contributed by atoms with E-state index in [1.54, 1.807) is 0 Å². The first-order valence-corrected chi connectivity index (χ1v) is 8.31. The maximum absolute atomic E-state index is 12.5. The Labute approximate surface area is 140 Å². The second-order valence-electron chi connectivity index (χ2n) is 5.96. The summed E-state index contributed by atoms with van der Waals surface area (Å²) in [5.41, 5.74) is 1.32. The van der Waals surface area contributed by atoms with Gasteiger partial charge in [-0.3, -0.25) is 4.79 Å². The molecule has 24 heavy (non-hydrogen) atoms. The Morgan fingerprint density at radius 1 is 1.08 bits per heavy atom. The highest BCUT2D eigenvalue weighted by atomic mass is 19.4. The molecule has 1 amide bonds. The summed E-state index contributed by atoms with van der Waals surface area (Å²) < 4.78 is 37.4. The Hall–Kier alpha value is -1.98. The lowest BCUT2D eigenvalue weighted by Crippen LogP contribution is -2.26. The number of alkyl halides is 3. The number of carbonyl (C=O) groups is 1. The minimum atomic E-state index is -4.33. The van der Waals surface area contributed by atoms with E-state index in [9.17, 15) is 18.0 Å². The first-order chi connectivity index (χ1) is 11.4. The number of benzene rings is 1. The Morgan fingerprint density at radius 3 is 2.46 bits per heavy atom. The topological polar surface area (TPSA) is 41.1 Å². The van der Waals surface area contributed by atoms with Gasteiger partial charge in [-0.15, -0.1) is 0 Å². The lowest BCUT2D eigenvalue weighted by atomic mass is 9.97. The zero-order chi connectivity index (χ0) is 17.4. The van der Waals surface area contributed by atoms with Crippen molar-refractivity contribution in [1.82, 2.24) is 5.32 Å². The summed E-state index contributed by atoms with van der Waals surface area (Å²) in [5, 5.41) is 5.83. The minimum Gasteiger partial charge on any atom is -0.385 e. The van der Waals surface area contributed by atoms with Crippen molar-refractivity contribution in [2.45, 2.75) is 44.7 Å². The van der Waals surface area contributed by atoms with Gasteiger partial charge in [0.15, 0.2) is 0 Å². The maximum atomic E-state index is 12.5. The van der Waals surface area contributed by atoms with Crippen molar-refractivity contribution < 1.29 is 18.0 Å². The van der Waals surface area contributed by atoms with Crippen LogP contribution in [0.25, 0.3) is 0 Å². The molecule has 2 rings (SSSR count). The van der Waals surface area contributed by atoms with Gasteiger partial charge in [0.25, 0.3) is 0 Å². The van der Waals surface area contributed by atoms with Crippen LogP contribution >= 0.6 is 0 Å². The van der Waals surface area contributed by atoms with E-state index in [2.05, 4.69) is 16.7 Å². The highest BCUT2D eigenvalue weighted by Crippen LogP contribution is 2.29. The molecule has 0 saturated carbocycles. The number of nitrogens with one attached hydrogen (secondary N) is 2. The quantitative estimate of drug-likeness (QED) is 0.717. The molecular formula is C18H23F3N2O. The van der Waals surface area contributed by atoms with E-state index in [1.807, 2.05) is 0 Å². The molecule has 0 aliphatic heterocycles. The molecule has 1 aromatic rings. The van der Waals surface area contributed by atoms with Gasteiger partial charge in [-0.2, -0.15) is 13.2 Å². The normalized spacial score (nSPS) is 14.9. The smallest absolute Gasteiger partial charge is 0.385 e. The van der Waals surface area contributed by atoms with Crippen LogP contribution in [0.15, 0.2) is 35.9 Å². The summed E-state index contributed by atoms with van der Waals surface area (Å²) in [6.45, 7) is 1.03. The van der Waals surface area contributed by atoms with E-state index in [-0.39, 0.29) is 5.91 Å². The molecule has 0 bridgehead atoms. The summed E-state index contributed by atoms with van der Waals surface area (Å²) in [5.74, 6) is -0.0502. The Balaban J connectivity index is 1.62. The molecule has 0 fully saturated rings. The average Bonchev–Trinajstić information content (AvgIpc) is 2.55. The molecule has 1 aromatic carbocycles. The number of carbonyl (C=O) groups excluding carboxylic acids is 1. The van der Waals surface area contributed by atoms with Crippen LogP contribution in [-0.2, 0) is 11.0 Å². The van der Waals surface area contributed by atoms with Gasteiger partial charge < -0.3 is 10.6 Å². The van der Waals surface area contributed by atoms with E-state index in [0.717, 1.165) is 31.4 Å². The third-order valence-corrected chi connectivity index (χ3v) is 4.05. The van der Waals surface area contributed by atoms with E-state index < -0.39 is 11.7 Å². The largest absolute Gasteiger partial charge is 0.416 e. The average molecular weight is 340 g/mol. The van der Waals surface area contributed by atoms with Crippen LogP contribution < -0.4 is 10.6 Å². The van der Waals surface area contributed by atoms with Gasteiger partial charge in [0.2, 0.25) is 5.91 Å². The Morgan fingerprint density at radius 2 is 1.83 bits per heavy atom. The molecular weight excluding hydrogens is 317 g/mol. The van der Waals surface area contributed by atoms with Crippen molar-refractivity contribution in [2.24, 2.45) is 0 Å². The first-order valence-electron chi connectivity index (χ1n) is 8.31. The first kappa shape index (κ1) is 18.4. The van der Waals surface area contributed by atoms with Gasteiger partial charge in [-0.05, 0) is 56.4 Å². The molecule has 1 aliphatic rings. The van der Waals surface area contributed by atoms with Crippen LogP contribution in [0.1, 0.15) is 44.1 Å². The molecule has 0 unspecified atom stereocenters. The number of allylic oxidation sites excluding steroid dienone is 1. The van der Waals surface area contributed by atoms with Gasteiger partial charge in [-0.25, -0.2) is 0 Å². The monoisotopic (exact) mass is 340 g/mol. The molecule has 0 saturated heterocycles. The second kappa shape index (κ2) is 8.76. The zero-order valence-electron chi connectivity index (χ0n) is 13.6. The Kier molecular flexibility index (Phi) is 6.70. The van der Waals surface area contributed by atoms with Crippen LogP contribution in [-0.4, -0.2) is 19.0 Å². The van der Waals surface area contributed by atoms with Crippen molar-refractivity contribution in [3.05, 3.63) is 41.5 Å². The standard InChI is InChI=1S/C18H23F3N2O/c19-18(20,21)15-6-8-16(9-7-15)22-13-11-17(24)23-12-10-14-4-2-1-3-5-14/h4,6-9,22H,1-3,5,10-13H2,(H,23,24). The van der Waals surface area contributed by atoms with Crippen LogP contribution in [0.2, 0.25) is 0 Å². The summed E-state index contributed by atoms with van der Waals surface area (Å²) in [4.78, 5) is 11.7. The van der Waals surface area contributed by atoms with Crippen molar-refractivity contribution in [1.29, 1.82) is 0 Å². The van der Waals surface area contributed by atoms with E-state index in [1.165, 1.54) is 30.5 Å². The lowest BCUT2D eigenvalue weighted by molar-refractivity contribution is -0.137. The zero-order valence-corrected chi connectivity index (χ0v) is 13.6. The highest BCUT2D eigenvalue weighted by molar-refractivity contribution is 5.76. The summed E-state index contributed by atoms with van der Waals surface area (Å²) in [6, 6.07) is 4.80. The van der Waals surface area contributed by atoms with E-state index in [0.29, 0.717) is 25.2 Å². The van der Waals surface area contributed by atoms with Gasteiger partial charge in [-0.1, -0.05) is 11.6 Å². The fourth-order valence-corrected chi connectivity index (χ4v) is 2.68. The van der Waals surface area contributed by atoms with Crippen molar-refractivity contribution in [3.63, 3.8) is 0 Å². The van der Waals surface area contributed by atoms with Gasteiger partial charge in [0.05, 0.1) is 5.56 Å². The number of anilines is 1. The number of amides is 1. The van der Waals surface area contributed by atoms with Crippen LogP contribution in [0.5, 0.6) is 0 Å². The molecule has 0 heterocycles. The van der Waals surface area contributed by atoms with Crippen LogP contribution in [0, 0.1) is 0 Å². The predicted molar refractivity (Wildman–Crippen MR) is 88.7 cm³/mol. The SMILES string of the molecule is O=C(CCNc1ccc(C(F)(F)F)cc1)NCCC1=CCCCC1. The number of hydrogen-bond donors (Lipinski definition) is 2. The molecule has 0 spiro atoms. The molecule has 0 aromatic heterocycles. The number of halogens is 3. The second-order valence-corrected chi connectivity index (χ2v) is 5.96. The summed E-state index contributed by atoms with van der Waals surface area (Å²) in [7, 11) is 0. The highest BCUT2D eigenvalue weighted by Gasteiger charge is 2.29. The summed E-state index contributed by atoms with van der Waals surface area (Å²) >= 11 is 0. The fourth-order valence-electron chi connectivity index (χ4n) is 2.68. The van der Waals surface area contributed by atoms with Crippen molar-refractivity contribution >= 4 is 11.6 Å². The molecule has 132 valence electrons. The van der Waals surface area contributed by atoms with Crippen LogP contribution in [0.4, 0.5) is 18.9 Å². The van der Waals surface area contributed by atoms with Gasteiger partial charge >= 0.3 is 6.18 Å². The molecule has 6 heteroatoms. The molecule has 2 N–H and O–H groups in total. The fraction of sp³-hybridized carbons (Fsp3) is 0.500. The Bertz CT molecular complexity index is 565. The third-order valence-electron chi connectivity index (χ3n) is 4.05.